The van der Waals surface area contributed by atoms with Crippen molar-refractivity contribution in [2.24, 2.45) is 5.73 Å². The fraction of sp³-hybridized carbons (Fsp3) is 0.346. The number of fused-ring (bicyclic) bond motifs is 1. The van der Waals surface area contributed by atoms with Gasteiger partial charge in [0.15, 0.2) is 5.65 Å². The lowest BCUT2D eigenvalue weighted by Crippen LogP contribution is -2.50. The van der Waals surface area contributed by atoms with Crippen LogP contribution in [0.4, 0.5) is 18.0 Å². The van der Waals surface area contributed by atoms with E-state index in [4.69, 9.17) is 15.6 Å². The van der Waals surface area contributed by atoms with Gasteiger partial charge in [-0.2, -0.15) is 10.2 Å². The first-order chi connectivity index (χ1) is 18.8. The Morgan fingerprint density at radius 2 is 1.80 bits per heavy atom. The molecule has 5 rings (SSSR count). The molecule has 1 aliphatic rings. The number of hydrogen-bond acceptors (Lipinski definition) is 7. The standard InChI is InChI=1S/C26H26F3N7O4/c1-25(2,3)40-24(38)34-11-16(12-34)22-21-19(15-10-32-35(13-15)14-20(30)37)8-9-31-23(21)36(33-22)17-4-6-18(7-5-17)39-26(27,28)29/h4-10,13,16H,11-12,14H2,1-3H3,(H2,30,37). The first-order valence-corrected chi connectivity index (χ1v) is 12.3. The maximum absolute atomic E-state index is 12.6. The van der Waals surface area contributed by atoms with Crippen molar-refractivity contribution in [1.29, 1.82) is 0 Å². The van der Waals surface area contributed by atoms with Crippen LogP contribution in [0.15, 0.2) is 48.9 Å². The van der Waals surface area contributed by atoms with Crippen LogP contribution in [0.25, 0.3) is 27.8 Å². The molecule has 4 heterocycles. The second kappa shape index (κ2) is 9.84. The molecule has 2 N–H and O–H groups in total. The van der Waals surface area contributed by atoms with Gasteiger partial charge in [0.05, 0.1) is 23.0 Å². The minimum atomic E-state index is -4.81. The Morgan fingerprint density at radius 3 is 2.42 bits per heavy atom. The van der Waals surface area contributed by atoms with Gasteiger partial charge in [-0.3, -0.25) is 9.48 Å². The van der Waals surface area contributed by atoms with Gasteiger partial charge in [-0.05, 0) is 56.7 Å². The number of alkyl halides is 3. The molecule has 14 heteroatoms. The highest BCUT2D eigenvalue weighted by molar-refractivity contribution is 5.96. The van der Waals surface area contributed by atoms with Gasteiger partial charge < -0.3 is 20.1 Å². The number of aromatic nitrogens is 5. The Morgan fingerprint density at radius 1 is 1.10 bits per heavy atom. The topological polar surface area (TPSA) is 130 Å². The van der Waals surface area contributed by atoms with Crippen LogP contribution in [0.2, 0.25) is 0 Å². The molecule has 3 aromatic heterocycles. The molecular formula is C26H26F3N7O4. The molecule has 0 aliphatic carbocycles. The van der Waals surface area contributed by atoms with Crippen LogP contribution >= 0.6 is 0 Å². The Balaban J connectivity index is 1.55. The highest BCUT2D eigenvalue weighted by atomic mass is 19.4. The van der Waals surface area contributed by atoms with Crippen molar-refractivity contribution in [1.82, 2.24) is 29.4 Å². The van der Waals surface area contributed by atoms with Crippen molar-refractivity contribution in [3.05, 3.63) is 54.6 Å². The number of rotatable bonds is 6. The number of nitrogens with two attached hydrogens (primary N) is 1. The number of hydrogen-bond donors (Lipinski definition) is 1. The summed E-state index contributed by atoms with van der Waals surface area (Å²) in [5.41, 5.74) is 7.65. The summed E-state index contributed by atoms with van der Waals surface area (Å²) in [7, 11) is 0. The van der Waals surface area contributed by atoms with Crippen LogP contribution in [-0.2, 0) is 16.1 Å². The van der Waals surface area contributed by atoms with Crippen LogP contribution in [0.5, 0.6) is 5.75 Å². The van der Waals surface area contributed by atoms with E-state index < -0.39 is 24.0 Å². The summed E-state index contributed by atoms with van der Waals surface area (Å²) in [4.78, 5) is 30.0. The zero-order valence-electron chi connectivity index (χ0n) is 21.8. The quantitative estimate of drug-likeness (QED) is 0.379. The number of primary amides is 1. The Bertz CT molecular complexity index is 1570. The fourth-order valence-electron chi connectivity index (χ4n) is 4.44. The van der Waals surface area contributed by atoms with E-state index in [1.54, 1.807) is 50.3 Å². The van der Waals surface area contributed by atoms with Gasteiger partial charge in [0.1, 0.15) is 17.9 Å². The number of amides is 2. The van der Waals surface area contributed by atoms with E-state index in [9.17, 15) is 22.8 Å². The summed E-state index contributed by atoms with van der Waals surface area (Å²) < 4.78 is 50.4. The second-order valence-corrected chi connectivity index (χ2v) is 10.4. The average Bonchev–Trinajstić information content (AvgIpc) is 3.41. The molecule has 40 heavy (non-hydrogen) atoms. The lowest BCUT2D eigenvalue weighted by Gasteiger charge is -2.39. The van der Waals surface area contributed by atoms with E-state index in [0.717, 1.165) is 5.56 Å². The number of ether oxygens (including phenoxy) is 2. The first-order valence-electron chi connectivity index (χ1n) is 12.3. The zero-order valence-corrected chi connectivity index (χ0v) is 21.8. The third kappa shape index (κ3) is 5.70. The molecule has 4 aromatic rings. The normalized spacial score (nSPS) is 14.3. The SMILES string of the molecule is CC(C)(C)OC(=O)N1CC(c2nn(-c3ccc(OC(F)(F)F)cc3)c3nccc(-c4cnn(CC(N)=O)c4)c23)C1. The Kier molecular flexibility index (Phi) is 6.64. The zero-order chi connectivity index (χ0) is 28.8. The van der Waals surface area contributed by atoms with Crippen molar-refractivity contribution >= 4 is 23.0 Å². The molecule has 1 aromatic carbocycles. The van der Waals surface area contributed by atoms with Crippen molar-refractivity contribution in [2.75, 3.05) is 13.1 Å². The van der Waals surface area contributed by atoms with E-state index in [0.29, 0.717) is 41.1 Å². The molecule has 1 aliphatic heterocycles. The molecule has 210 valence electrons. The summed E-state index contributed by atoms with van der Waals surface area (Å²) >= 11 is 0. The number of halogens is 3. The van der Waals surface area contributed by atoms with Gasteiger partial charge in [-0.25, -0.2) is 14.5 Å². The van der Waals surface area contributed by atoms with Gasteiger partial charge in [0.25, 0.3) is 0 Å². The number of pyridine rings is 1. The lowest BCUT2D eigenvalue weighted by atomic mass is 9.92. The van der Waals surface area contributed by atoms with Crippen LogP contribution in [0.3, 0.4) is 0 Å². The third-order valence-electron chi connectivity index (χ3n) is 6.09. The van der Waals surface area contributed by atoms with Crippen LogP contribution < -0.4 is 10.5 Å². The number of benzene rings is 1. The van der Waals surface area contributed by atoms with Crippen molar-refractivity contribution in [3.63, 3.8) is 0 Å². The number of nitrogens with zero attached hydrogens (tertiary/aromatic N) is 6. The molecule has 2 amide bonds. The third-order valence-corrected chi connectivity index (χ3v) is 6.09. The van der Waals surface area contributed by atoms with Crippen molar-refractivity contribution < 1.29 is 32.2 Å². The molecule has 0 bridgehead atoms. The van der Waals surface area contributed by atoms with Gasteiger partial charge >= 0.3 is 12.5 Å². The highest BCUT2D eigenvalue weighted by Gasteiger charge is 2.38. The molecule has 1 saturated heterocycles. The van der Waals surface area contributed by atoms with Crippen molar-refractivity contribution in [2.45, 2.75) is 45.2 Å². The summed E-state index contributed by atoms with van der Waals surface area (Å²) in [5.74, 6) is -1.07. The monoisotopic (exact) mass is 557 g/mol. The van der Waals surface area contributed by atoms with E-state index in [-0.39, 0.29) is 18.2 Å². The molecule has 0 saturated carbocycles. The maximum atomic E-state index is 12.6. The van der Waals surface area contributed by atoms with E-state index >= 15 is 0 Å². The molecule has 11 nitrogen and oxygen atoms in total. The predicted octanol–water partition coefficient (Wildman–Crippen LogP) is 4.00. The predicted molar refractivity (Wildman–Crippen MR) is 137 cm³/mol. The minimum Gasteiger partial charge on any atom is -0.444 e. The summed E-state index contributed by atoms with van der Waals surface area (Å²) in [5, 5.41) is 9.71. The Labute approximate surface area is 226 Å². The van der Waals surface area contributed by atoms with Gasteiger partial charge in [0, 0.05) is 37.0 Å². The number of carbonyl (C=O) groups is 2. The molecule has 0 radical (unpaired) electrons. The highest BCUT2D eigenvalue weighted by Crippen LogP contribution is 2.38. The first kappa shape index (κ1) is 27.0. The Hall–Kier alpha value is -4.62. The van der Waals surface area contributed by atoms with Crippen molar-refractivity contribution in [3.8, 4) is 22.6 Å². The van der Waals surface area contributed by atoms with Crippen LogP contribution in [0, 0.1) is 0 Å². The number of carbonyl (C=O) groups excluding carboxylic acids is 2. The van der Waals surface area contributed by atoms with Gasteiger partial charge in [-0.1, -0.05) is 0 Å². The summed E-state index contributed by atoms with van der Waals surface area (Å²) in [6.45, 7) is 5.99. The second-order valence-electron chi connectivity index (χ2n) is 10.4. The summed E-state index contributed by atoms with van der Waals surface area (Å²) in [6, 6.07) is 7.07. The molecular weight excluding hydrogens is 531 g/mol. The van der Waals surface area contributed by atoms with Gasteiger partial charge in [-0.15, -0.1) is 13.2 Å². The largest absolute Gasteiger partial charge is 0.573 e. The van der Waals surface area contributed by atoms with Crippen LogP contribution in [-0.4, -0.2) is 66.5 Å². The maximum Gasteiger partial charge on any atom is 0.573 e. The molecule has 1 fully saturated rings. The summed E-state index contributed by atoms with van der Waals surface area (Å²) in [6.07, 6.45) is -0.390. The molecule has 0 atom stereocenters. The smallest absolute Gasteiger partial charge is 0.444 e. The van der Waals surface area contributed by atoms with Gasteiger partial charge in [0.2, 0.25) is 5.91 Å². The van der Waals surface area contributed by atoms with Crippen LogP contribution in [0.1, 0.15) is 32.4 Å². The fourth-order valence-corrected chi connectivity index (χ4v) is 4.44. The van der Waals surface area contributed by atoms with E-state index in [1.807, 2.05) is 0 Å². The molecule has 0 spiro atoms. The average molecular weight is 558 g/mol. The number of likely N-dealkylation sites (tertiary alicyclic amines) is 1. The lowest BCUT2D eigenvalue weighted by molar-refractivity contribution is -0.274. The minimum absolute atomic E-state index is 0.0971. The van der Waals surface area contributed by atoms with E-state index in [1.165, 1.54) is 33.6 Å². The van der Waals surface area contributed by atoms with E-state index in [2.05, 4.69) is 14.8 Å². The molecule has 0 unspecified atom stereocenters.